The van der Waals surface area contributed by atoms with Crippen LogP contribution in [0.5, 0.6) is 34.5 Å². The lowest BCUT2D eigenvalue weighted by molar-refractivity contribution is -0.399. The van der Waals surface area contributed by atoms with Crippen molar-refractivity contribution in [2.45, 2.75) is 75.5 Å². The maximum atomic E-state index is 13.9. The minimum atomic E-state index is -4.80. The Hall–Kier alpha value is -14.5. The highest BCUT2D eigenvalue weighted by atomic mass is 79.9. The minimum Gasteiger partial charge on any atom is -0.493 e. The number of nitrogens with zero attached hydrogens (tertiary/aromatic N) is 10. The molecule has 8 aromatic carbocycles. The number of rotatable bonds is 21. The molecule has 0 atom stereocenters. The smallest absolute Gasteiger partial charge is 0.296 e. The van der Waals surface area contributed by atoms with Crippen molar-refractivity contribution in [3.63, 3.8) is 0 Å². The standard InChI is InChI=1S/C32H31N7O9S.C31H31BrN6O7S.C25H27N5O3/c1-20-8-9-21-15-30(40)34-10-12-37(49(45,46)32-26(38(41)42)6-5-7-27(32)39(43)44)11-3-4-13-48-29-16-23-25(17-28(29)47-2)35-19-22(18-33)31(23)36-24(21)14-20;1-20-8-9-21(15-30(39)34-11-12-36-46(42,43)29-7-4-3-6-26(29)38(40)41)24(14-20)37-31-22(18-33)19-35-25-17-27(44-2)28(16-23(25)31)45-13-5-10-32;1-16-4-5-17-11-24(31)28-8-7-27-6-3-9-33-23-12-19-21(13-22(23)32-2)29-15-18(14-26)25(19)30-20(17)10-16/h5-9,14,16-17,19,36H,3-4,10-13,15H2,1-2H3,(H,34,40);3-4,6-9,14,16-17,19,36H,5,10-13,15H2,1-2H3,(H,34,39)(H,35,37);4-5,10,12-13,15,27,30H,3,6-9,11H2,1-2H3,(H,28,31). The van der Waals surface area contributed by atoms with E-state index < -0.39 is 67.6 Å². The molecular weight excluding hydrogens is 1760 g/mol. The van der Waals surface area contributed by atoms with E-state index in [4.69, 9.17) is 28.4 Å². The first-order chi connectivity index (χ1) is 61.6. The number of para-hydroxylation sites is 1. The second-order valence-electron chi connectivity index (χ2n) is 29.0. The summed E-state index contributed by atoms with van der Waals surface area (Å²) in [7, 11) is -4.39. The van der Waals surface area contributed by atoms with Crippen molar-refractivity contribution in [2.24, 2.45) is 0 Å². The molecule has 8 N–H and O–H groups in total. The van der Waals surface area contributed by atoms with Gasteiger partial charge in [0.1, 0.15) is 18.2 Å². The summed E-state index contributed by atoms with van der Waals surface area (Å²) >= 11 is 3.39. The topological polar surface area (TPSA) is 514 Å². The number of hydrogen-bond acceptors (Lipinski definition) is 29. The van der Waals surface area contributed by atoms with Crippen molar-refractivity contribution in [2.75, 3.05) is 115 Å². The van der Waals surface area contributed by atoms with Gasteiger partial charge in [-0.15, -0.1) is 0 Å². The number of benzene rings is 8. The SMILES string of the molecule is COc1cc2ncc(C#N)c(Nc3cc(C)ccc3CC(=O)NCCNS(=O)(=O)c3ccccc3[N+](=O)[O-])c2cc1OCCCBr.COc1cc2ncc(C#N)c3c2cc1OCCCCN(S(=O)(=O)c1c([N+](=O)[O-])cccc1[N+](=O)[O-])CCNC(=O)Cc1ccc(C)cc1N3.COc1cc2ncc(C#N)c3c2cc1OCCCNCCNC(=O)Cc1ccc(C)cc1N3. The summed E-state index contributed by atoms with van der Waals surface area (Å²) in [5, 5.41) is 88.9. The summed E-state index contributed by atoms with van der Waals surface area (Å²) in [6, 6.07) is 41.7. The van der Waals surface area contributed by atoms with Gasteiger partial charge < -0.3 is 65.6 Å². The van der Waals surface area contributed by atoms with Gasteiger partial charge in [0.05, 0.1) is 125 Å². The number of nitro groups is 3. The first-order valence-electron chi connectivity index (χ1n) is 40.0. The molecule has 0 fully saturated rings. The first-order valence-corrected chi connectivity index (χ1v) is 44.1. The van der Waals surface area contributed by atoms with Gasteiger partial charge in [-0.05, 0) is 135 Å². The zero-order valence-electron chi connectivity index (χ0n) is 70.3. The molecule has 0 spiro atoms. The Bertz CT molecular complexity index is 6420. The van der Waals surface area contributed by atoms with E-state index in [1.165, 1.54) is 38.7 Å². The summed E-state index contributed by atoms with van der Waals surface area (Å²) < 4.78 is 90.8. The number of hydrogen-bond donors (Lipinski definition) is 8. The van der Waals surface area contributed by atoms with Crippen molar-refractivity contribution in [1.82, 2.24) is 45.2 Å². The number of aryl methyl sites for hydroxylation is 3. The molecule has 0 aliphatic carbocycles. The van der Waals surface area contributed by atoms with E-state index in [-0.39, 0.29) is 88.0 Å². The lowest BCUT2D eigenvalue weighted by Crippen LogP contribution is -2.40. The number of carbonyl (C=O) groups excluding carboxylic acids is 3. The summed E-state index contributed by atoms with van der Waals surface area (Å²) in [5.41, 5.74) is 8.63. The van der Waals surface area contributed by atoms with Gasteiger partial charge in [0.25, 0.3) is 27.1 Å². The Labute approximate surface area is 744 Å². The number of ether oxygens (including phenoxy) is 6. The van der Waals surface area contributed by atoms with Crippen molar-refractivity contribution < 1.29 is 74.4 Å². The number of carbonyl (C=O) groups is 3. The number of anilines is 6. The molecule has 4 bridgehead atoms. The highest BCUT2D eigenvalue weighted by Crippen LogP contribution is 2.43. The van der Waals surface area contributed by atoms with Gasteiger partial charge in [-0.3, -0.25) is 59.7 Å². The highest BCUT2D eigenvalue weighted by Gasteiger charge is 2.39. The van der Waals surface area contributed by atoms with Gasteiger partial charge in [-0.25, -0.2) is 21.6 Å². The van der Waals surface area contributed by atoms with Gasteiger partial charge in [0, 0.05) is 139 Å². The fourth-order valence-electron chi connectivity index (χ4n) is 13.8. The van der Waals surface area contributed by atoms with E-state index in [0.29, 0.717) is 140 Å². The normalized spacial score (nSPS) is 13.4. The van der Waals surface area contributed by atoms with Crippen LogP contribution in [0.3, 0.4) is 0 Å². The molecule has 5 heterocycles. The number of alkyl halides is 1. The van der Waals surface area contributed by atoms with Crippen LogP contribution in [0.25, 0.3) is 32.7 Å². The number of sulfonamides is 2. The van der Waals surface area contributed by atoms with Crippen LogP contribution in [0.2, 0.25) is 0 Å². The van der Waals surface area contributed by atoms with Gasteiger partial charge in [-0.1, -0.05) is 64.5 Å². The van der Waals surface area contributed by atoms with E-state index in [1.54, 1.807) is 49.7 Å². The van der Waals surface area contributed by atoms with E-state index >= 15 is 0 Å². The monoisotopic (exact) mass is 1840 g/mol. The molecule has 0 radical (unpaired) electrons. The van der Waals surface area contributed by atoms with Gasteiger partial charge >= 0.3 is 0 Å². The zero-order valence-corrected chi connectivity index (χ0v) is 73.5. The van der Waals surface area contributed by atoms with Crippen LogP contribution in [0.15, 0.2) is 162 Å². The van der Waals surface area contributed by atoms with E-state index in [9.17, 15) is 77.3 Å². The third-order valence-electron chi connectivity index (χ3n) is 20.2. The third kappa shape index (κ3) is 23.6. The molecule has 40 heteroatoms. The number of amides is 3. The Balaban J connectivity index is 0.000000189. The molecule has 2 aliphatic rings. The average molecular weight is 1850 g/mol. The summed E-state index contributed by atoms with van der Waals surface area (Å²) in [4.78, 5) is 82.5. The highest BCUT2D eigenvalue weighted by molar-refractivity contribution is 9.09. The second-order valence-corrected chi connectivity index (χ2v) is 33.4. The predicted molar refractivity (Wildman–Crippen MR) is 481 cm³/mol. The van der Waals surface area contributed by atoms with Crippen molar-refractivity contribution in [3.05, 3.63) is 232 Å². The van der Waals surface area contributed by atoms with Crippen LogP contribution in [-0.4, -0.2) is 167 Å². The summed E-state index contributed by atoms with van der Waals surface area (Å²) in [6.45, 7) is 7.85. The predicted octanol–water partition coefficient (Wildman–Crippen LogP) is 12.6. The van der Waals surface area contributed by atoms with E-state index in [0.717, 1.165) is 92.7 Å². The average Bonchev–Trinajstić information content (AvgIpc) is 0.775. The Morgan fingerprint density at radius 3 is 1.66 bits per heavy atom. The molecule has 0 unspecified atom stereocenters. The molecule has 13 rings (SSSR count). The number of halogens is 1. The zero-order chi connectivity index (χ0) is 91.8. The van der Waals surface area contributed by atoms with Crippen molar-refractivity contribution in [3.8, 4) is 52.7 Å². The van der Waals surface area contributed by atoms with Crippen molar-refractivity contribution >= 4 is 138 Å². The summed E-state index contributed by atoms with van der Waals surface area (Å²) in [6.07, 6.45) is 6.55. The molecule has 0 saturated carbocycles. The fourth-order valence-corrected chi connectivity index (χ4v) is 17.0. The van der Waals surface area contributed by atoms with Crippen LogP contribution >= 0.6 is 15.9 Å². The number of nitriles is 3. The molecule has 3 aromatic heterocycles. The number of aromatic nitrogens is 3. The van der Waals surface area contributed by atoms with E-state index in [1.807, 2.05) is 75.4 Å². The Morgan fingerprint density at radius 2 is 1.10 bits per heavy atom. The van der Waals surface area contributed by atoms with Crippen LogP contribution in [-0.2, 0) is 53.7 Å². The Kier molecular flexibility index (Phi) is 32.3. The number of fused-ring (bicyclic) bond motifs is 5. The number of pyridine rings is 3. The summed E-state index contributed by atoms with van der Waals surface area (Å²) in [5.74, 6) is 1.98. The lowest BCUT2D eigenvalue weighted by Gasteiger charge is -2.23. The lowest BCUT2D eigenvalue weighted by atomic mass is 10.0. The molecule has 0 saturated heterocycles. The largest absolute Gasteiger partial charge is 0.493 e. The number of nitrogens with one attached hydrogen (secondary N) is 8. The molecule has 11 aromatic rings. The quantitative estimate of drug-likeness (QED) is 0.0143. The van der Waals surface area contributed by atoms with Crippen LogP contribution in [0, 0.1) is 85.1 Å². The maximum Gasteiger partial charge on any atom is 0.296 e. The molecule has 664 valence electrons. The second kappa shape index (κ2) is 43.9. The molecule has 37 nitrogen and oxygen atoms in total. The van der Waals surface area contributed by atoms with Crippen LogP contribution < -0.4 is 70.4 Å². The van der Waals surface area contributed by atoms with Crippen molar-refractivity contribution in [1.29, 1.82) is 15.8 Å². The van der Waals surface area contributed by atoms with E-state index in [2.05, 4.69) is 91.0 Å². The molecular formula is C88H89BrN18O19S2. The number of nitro benzene ring substituents is 3. The fraction of sp³-hybridized carbons (Fsp3) is 0.284. The van der Waals surface area contributed by atoms with Crippen LogP contribution in [0.4, 0.5) is 51.2 Å². The first kappa shape index (κ1) is 94.2. The minimum absolute atomic E-state index is 0.0523. The molecule has 2 aliphatic heterocycles. The maximum absolute atomic E-state index is 13.9. The van der Waals surface area contributed by atoms with Gasteiger partial charge in [0.15, 0.2) is 39.4 Å². The molecule has 128 heavy (non-hydrogen) atoms. The molecule has 3 amide bonds. The van der Waals surface area contributed by atoms with Crippen LogP contribution in [0.1, 0.15) is 75.8 Å². The third-order valence-corrected chi connectivity index (χ3v) is 24.2. The van der Waals surface area contributed by atoms with Gasteiger partial charge in [0.2, 0.25) is 32.6 Å². The number of methoxy groups -OCH3 is 3. The Morgan fingerprint density at radius 1 is 0.578 bits per heavy atom. The van der Waals surface area contributed by atoms with Gasteiger partial charge in [-0.2, -0.15) is 20.1 Å².